The van der Waals surface area contributed by atoms with Crippen LogP contribution >= 0.6 is 0 Å². The summed E-state index contributed by atoms with van der Waals surface area (Å²) in [5, 5.41) is 0. The monoisotopic (exact) mass is 225 g/mol. The van der Waals surface area contributed by atoms with Crippen LogP contribution < -0.4 is 5.73 Å². The summed E-state index contributed by atoms with van der Waals surface area (Å²) in [5.41, 5.74) is 6.33. The Morgan fingerprint density at radius 3 is 2.56 bits per heavy atom. The Bertz CT molecular complexity index is 213. The van der Waals surface area contributed by atoms with Gasteiger partial charge in [-0.3, -0.25) is 4.90 Å². The van der Waals surface area contributed by atoms with Crippen molar-refractivity contribution in [1.29, 1.82) is 0 Å². The van der Waals surface area contributed by atoms with Gasteiger partial charge in [0.25, 0.3) is 0 Å². The largest absolute Gasteiger partial charge is 0.326 e. The van der Waals surface area contributed by atoms with Crippen LogP contribution in [0.25, 0.3) is 0 Å². The number of likely N-dealkylation sites (N-methyl/N-ethyl adjacent to an activating group) is 1. The molecule has 0 aromatic carbocycles. The minimum atomic E-state index is 0.415. The summed E-state index contributed by atoms with van der Waals surface area (Å²) in [4.78, 5) is 5.01. The lowest BCUT2D eigenvalue weighted by atomic mass is 9.98. The second-order valence-corrected chi connectivity index (χ2v) is 5.80. The lowest BCUT2D eigenvalue weighted by Crippen LogP contribution is -2.53. The van der Waals surface area contributed by atoms with Crippen molar-refractivity contribution in [3.05, 3.63) is 0 Å². The molecule has 1 saturated carbocycles. The summed E-state index contributed by atoms with van der Waals surface area (Å²) in [7, 11) is 2.22. The average Bonchev–Trinajstić information content (AvgIpc) is 2.77. The van der Waals surface area contributed by atoms with Gasteiger partial charge in [-0.2, -0.15) is 0 Å². The van der Waals surface area contributed by atoms with Crippen LogP contribution in [0.1, 0.15) is 32.6 Å². The Morgan fingerprint density at radius 2 is 1.94 bits per heavy atom. The van der Waals surface area contributed by atoms with Crippen molar-refractivity contribution in [1.82, 2.24) is 9.80 Å². The first-order valence-corrected chi connectivity index (χ1v) is 6.85. The van der Waals surface area contributed by atoms with Crippen molar-refractivity contribution in [2.75, 3.05) is 33.2 Å². The lowest BCUT2D eigenvalue weighted by Gasteiger charge is -2.39. The molecule has 3 heteroatoms. The quantitative estimate of drug-likeness (QED) is 0.782. The SMILES string of the molecule is CC1CN(CC(N)C2CCCC2)CCN1C. The molecule has 2 rings (SSSR count). The third-order valence-electron chi connectivity index (χ3n) is 4.52. The second-order valence-electron chi connectivity index (χ2n) is 5.80. The summed E-state index contributed by atoms with van der Waals surface area (Å²) in [5.74, 6) is 0.801. The molecular formula is C13H27N3. The van der Waals surface area contributed by atoms with Gasteiger partial charge in [-0.05, 0) is 32.7 Å². The predicted octanol–water partition coefficient (Wildman–Crippen LogP) is 1.14. The molecule has 2 fully saturated rings. The number of rotatable bonds is 3. The fourth-order valence-corrected chi connectivity index (χ4v) is 3.12. The molecule has 0 spiro atoms. The van der Waals surface area contributed by atoms with Crippen molar-refractivity contribution >= 4 is 0 Å². The first-order chi connectivity index (χ1) is 7.66. The molecule has 1 saturated heterocycles. The van der Waals surface area contributed by atoms with E-state index in [0.29, 0.717) is 12.1 Å². The van der Waals surface area contributed by atoms with Crippen molar-refractivity contribution in [3.63, 3.8) is 0 Å². The molecule has 1 aliphatic heterocycles. The van der Waals surface area contributed by atoms with Crippen molar-refractivity contribution in [2.24, 2.45) is 11.7 Å². The molecule has 2 N–H and O–H groups in total. The molecule has 16 heavy (non-hydrogen) atoms. The summed E-state index contributed by atoms with van der Waals surface area (Å²) in [6.45, 7) is 7.01. The van der Waals surface area contributed by atoms with Gasteiger partial charge in [0.1, 0.15) is 0 Å². The molecule has 1 aliphatic carbocycles. The number of nitrogens with two attached hydrogens (primary N) is 1. The van der Waals surface area contributed by atoms with Gasteiger partial charge in [-0.25, -0.2) is 0 Å². The Morgan fingerprint density at radius 1 is 1.25 bits per heavy atom. The zero-order valence-corrected chi connectivity index (χ0v) is 10.9. The Hall–Kier alpha value is -0.120. The third-order valence-corrected chi connectivity index (χ3v) is 4.52. The molecule has 2 aliphatic rings. The van der Waals surface area contributed by atoms with Crippen molar-refractivity contribution in [2.45, 2.75) is 44.7 Å². The molecule has 94 valence electrons. The van der Waals surface area contributed by atoms with Crippen LogP contribution in [0.2, 0.25) is 0 Å². The molecule has 0 aromatic rings. The molecule has 0 radical (unpaired) electrons. The van der Waals surface area contributed by atoms with E-state index in [1.54, 1.807) is 0 Å². The van der Waals surface area contributed by atoms with Crippen molar-refractivity contribution in [3.8, 4) is 0 Å². The molecule has 3 nitrogen and oxygen atoms in total. The zero-order valence-electron chi connectivity index (χ0n) is 10.9. The maximum atomic E-state index is 6.33. The Kier molecular flexibility index (Phi) is 4.22. The Balaban J connectivity index is 1.76. The van der Waals surface area contributed by atoms with Gasteiger partial charge in [0.15, 0.2) is 0 Å². The minimum Gasteiger partial charge on any atom is -0.326 e. The molecular weight excluding hydrogens is 198 g/mol. The fourth-order valence-electron chi connectivity index (χ4n) is 3.12. The highest BCUT2D eigenvalue weighted by Crippen LogP contribution is 2.27. The number of hydrogen-bond donors (Lipinski definition) is 1. The van der Waals surface area contributed by atoms with Gasteiger partial charge in [-0.15, -0.1) is 0 Å². The first-order valence-electron chi connectivity index (χ1n) is 6.85. The van der Waals surface area contributed by atoms with Gasteiger partial charge >= 0.3 is 0 Å². The van der Waals surface area contributed by atoms with E-state index < -0.39 is 0 Å². The topological polar surface area (TPSA) is 32.5 Å². The van der Waals surface area contributed by atoms with Crippen LogP contribution in [-0.2, 0) is 0 Å². The Labute approximate surface area is 100.0 Å². The van der Waals surface area contributed by atoms with Crippen molar-refractivity contribution < 1.29 is 0 Å². The van der Waals surface area contributed by atoms with E-state index >= 15 is 0 Å². The van der Waals surface area contributed by atoms with Crippen LogP contribution in [0.3, 0.4) is 0 Å². The van der Waals surface area contributed by atoms with Gasteiger partial charge in [0, 0.05) is 38.3 Å². The minimum absolute atomic E-state index is 0.415. The van der Waals surface area contributed by atoms with Crippen LogP contribution in [0, 0.1) is 5.92 Å². The molecule has 0 bridgehead atoms. The van der Waals surface area contributed by atoms with Gasteiger partial charge < -0.3 is 10.6 Å². The van der Waals surface area contributed by atoms with Gasteiger partial charge in [0.05, 0.1) is 0 Å². The predicted molar refractivity (Wildman–Crippen MR) is 68.5 cm³/mol. The summed E-state index contributed by atoms with van der Waals surface area (Å²) < 4.78 is 0. The van der Waals surface area contributed by atoms with E-state index in [0.717, 1.165) is 12.5 Å². The number of nitrogens with zero attached hydrogens (tertiary/aromatic N) is 2. The molecule has 0 aromatic heterocycles. The van der Waals surface area contributed by atoms with Crippen LogP contribution in [0.5, 0.6) is 0 Å². The van der Waals surface area contributed by atoms with Gasteiger partial charge in [-0.1, -0.05) is 12.8 Å². The molecule has 0 amide bonds. The van der Waals surface area contributed by atoms with Crippen LogP contribution in [0.4, 0.5) is 0 Å². The highest BCUT2D eigenvalue weighted by molar-refractivity contribution is 4.84. The zero-order chi connectivity index (χ0) is 11.5. The number of piperazine rings is 1. The van der Waals surface area contributed by atoms with E-state index in [-0.39, 0.29) is 0 Å². The first kappa shape index (κ1) is 12.3. The van der Waals surface area contributed by atoms with Crippen LogP contribution in [0.15, 0.2) is 0 Å². The maximum absolute atomic E-state index is 6.33. The van der Waals surface area contributed by atoms with E-state index in [2.05, 4.69) is 23.8 Å². The fraction of sp³-hybridized carbons (Fsp3) is 1.00. The summed E-state index contributed by atoms with van der Waals surface area (Å²) in [6, 6.07) is 1.10. The second kappa shape index (κ2) is 5.48. The highest BCUT2D eigenvalue weighted by Gasteiger charge is 2.26. The molecule has 2 unspecified atom stereocenters. The maximum Gasteiger partial charge on any atom is 0.0196 e. The van der Waals surface area contributed by atoms with E-state index in [1.807, 2.05) is 0 Å². The lowest BCUT2D eigenvalue weighted by molar-refractivity contribution is 0.0949. The van der Waals surface area contributed by atoms with E-state index in [4.69, 9.17) is 5.73 Å². The highest BCUT2D eigenvalue weighted by atomic mass is 15.3. The summed E-state index contributed by atoms with van der Waals surface area (Å²) in [6.07, 6.45) is 5.53. The standard InChI is InChI=1S/C13H27N3/c1-11-9-16(8-7-15(11)2)10-13(14)12-5-3-4-6-12/h11-13H,3-10,14H2,1-2H3. The van der Waals surface area contributed by atoms with E-state index in [9.17, 15) is 0 Å². The van der Waals surface area contributed by atoms with E-state index in [1.165, 1.54) is 45.3 Å². The third kappa shape index (κ3) is 2.96. The van der Waals surface area contributed by atoms with Crippen LogP contribution in [-0.4, -0.2) is 55.1 Å². The summed E-state index contributed by atoms with van der Waals surface area (Å²) >= 11 is 0. The molecule has 1 heterocycles. The average molecular weight is 225 g/mol. The normalized spacial score (nSPS) is 32.1. The number of hydrogen-bond acceptors (Lipinski definition) is 3. The molecule has 2 atom stereocenters. The van der Waals surface area contributed by atoms with Gasteiger partial charge in [0.2, 0.25) is 0 Å². The smallest absolute Gasteiger partial charge is 0.0196 e.